The number of carboxylic acids is 1. The van der Waals surface area contributed by atoms with Gasteiger partial charge in [-0.1, -0.05) is 33.3 Å². The average Bonchev–Trinajstić information content (AvgIpc) is 2.71. The van der Waals surface area contributed by atoms with Crippen LogP contribution in [-0.4, -0.2) is 28.1 Å². The Morgan fingerprint density at radius 3 is 2.31 bits per heavy atom. The van der Waals surface area contributed by atoms with Gasteiger partial charge in [0.05, 0.1) is 11.5 Å². The van der Waals surface area contributed by atoms with E-state index in [1.54, 1.807) is 0 Å². The molecule has 2 N–H and O–H groups in total. The Hall–Kier alpha value is -1.16. The van der Waals surface area contributed by atoms with E-state index in [2.05, 4.69) is 27.7 Å². The van der Waals surface area contributed by atoms with E-state index in [0.29, 0.717) is 24.0 Å². The van der Waals surface area contributed by atoms with Gasteiger partial charge in [0.15, 0.2) is 5.78 Å². The SMILES string of the molecule is CC1C(O)CCC2(C)C1CCC1(C)C3CCC4(C)CC[C@](C)(C(=O)O)CC4C3=CC(=O)C12. The van der Waals surface area contributed by atoms with Crippen LogP contribution >= 0.6 is 0 Å². The van der Waals surface area contributed by atoms with Gasteiger partial charge >= 0.3 is 5.97 Å². The van der Waals surface area contributed by atoms with Gasteiger partial charge < -0.3 is 10.2 Å². The van der Waals surface area contributed by atoms with Crippen LogP contribution in [-0.2, 0) is 9.59 Å². The number of aliphatic hydroxyl groups is 1. The number of fused-ring (bicyclic) bond motifs is 7. The van der Waals surface area contributed by atoms with Crippen LogP contribution in [0.4, 0.5) is 0 Å². The standard InChI is InChI=1S/C28H42O4/c1-16-18-7-10-28(5)19-6-9-25(2)12-13-26(3,24(31)32)15-20(25)17(19)14-22(30)23(28)27(18,4)11-8-21(16)29/h14,16,18-21,23,29H,6-13,15H2,1-5H3,(H,31,32)/t16?,18?,19?,20?,21?,23?,25?,26-,27?,28?/m0/s1. The second-order valence-corrected chi connectivity index (χ2v) is 13.5. The first kappa shape index (κ1) is 22.6. The lowest BCUT2D eigenvalue weighted by Crippen LogP contribution is -2.62. The normalized spacial score (nSPS) is 55.1. The average molecular weight is 443 g/mol. The van der Waals surface area contributed by atoms with Crippen LogP contribution in [0.2, 0.25) is 0 Å². The highest BCUT2D eigenvalue weighted by Crippen LogP contribution is 2.70. The molecular weight excluding hydrogens is 400 g/mol. The van der Waals surface area contributed by atoms with Crippen molar-refractivity contribution in [3.05, 3.63) is 11.6 Å². The minimum absolute atomic E-state index is 0.0243. The van der Waals surface area contributed by atoms with Gasteiger partial charge in [0.2, 0.25) is 0 Å². The summed E-state index contributed by atoms with van der Waals surface area (Å²) in [4.78, 5) is 26.1. The molecule has 0 bridgehead atoms. The zero-order valence-corrected chi connectivity index (χ0v) is 20.6. The largest absolute Gasteiger partial charge is 0.481 e. The molecule has 5 rings (SSSR count). The van der Waals surface area contributed by atoms with E-state index in [4.69, 9.17) is 0 Å². The summed E-state index contributed by atoms with van der Waals surface area (Å²) in [5.74, 6) is 0.881. The first-order valence-corrected chi connectivity index (χ1v) is 13.0. The van der Waals surface area contributed by atoms with Crippen LogP contribution in [0.25, 0.3) is 0 Å². The van der Waals surface area contributed by atoms with Gasteiger partial charge in [0.25, 0.3) is 0 Å². The fraction of sp³-hybridized carbons (Fsp3) is 0.857. The number of carboxylic acid groups (broad SMARTS) is 1. The van der Waals surface area contributed by atoms with Crippen LogP contribution in [0, 0.1) is 51.2 Å². The van der Waals surface area contributed by atoms with Gasteiger partial charge in [-0.05, 0) is 111 Å². The zero-order valence-electron chi connectivity index (χ0n) is 20.6. The highest BCUT2D eigenvalue weighted by atomic mass is 16.4. The van der Waals surface area contributed by atoms with Crippen LogP contribution in [0.15, 0.2) is 11.6 Å². The molecule has 4 nitrogen and oxygen atoms in total. The number of carbonyl (C=O) groups is 2. The maximum atomic E-state index is 14.0. The third kappa shape index (κ3) is 2.83. The number of rotatable bonds is 1. The number of aliphatic hydroxyl groups excluding tert-OH is 1. The molecule has 0 aromatic heterocycles. The molecule has 0 aromatic rings. The Morgan fingerprint density at radius 1 is 0.938 bits per heavy atom. The molecule has 0 spiro atoms. The minimum atomic E-state index is -0.688. The topological polar surface area (TPSA) is 74.6 Å². The minimum Gasteiger partial charge on any atom is -0.481 e. The van der Waals surface area contributed by atoms with E-state index in [9.17, 15) is 19.8 Å². The van der Waals surface area contributed by atoms with Gasteiger partial charge in [-0.2, -0.15) is 0 Å². The number of hydrogen-bond acceptors (Lipinski definition) is 3. The van der Waals surface area contributed by atoms with E-state index in [1.807, 2.05) is 13.0 Å². The maximum absolute atomic E-state index is 14.0. The van der Waals surface area contributed by atoms with Gasteiger partial charge in [0.1, 0.15) is 0 Å². The summed E-state index contributed by atoms with van der Waals surface area (Å²) in [6.45, 7) is 11.2. The molecule has 5 aliphatic rings. The summed E-state index contributed by atoms with van der Waals surface area (Å²) in [6, 6.07) is 0. The Balaban J connectivity index is 1.56. The van der Waals surface area contributed by atoms with Crippen molar-refractivity contribution in [3.63, 3.8) is 0 Å². The second kappa shape index (κ2) is 6.93. The molecule has 10 atom stereocenters. The van der Waals surface area contributed by atoms with Crippen molar-refractivity contribution in [2.24, 2.45) is 51.2 Å². The fourth-order valence-corrected chi connectivity index (χ4v) is 9.71. The molecule has 0 aromatic carbocycles. The van der Waals surface area contributed by atoms with Gasteiger partial charge in [-0.3, -0.25) is 9.59 Å². The van der Waals surface area contributed by atoms with Crippen molar-refractivity contribution in [2.45, 2.75) is 98.5 Å². The Bertz CT molecular complexity index is 877. The highest BCUT2D eigenvalue weighted by Gasteiger charge is 2.65. The van der Waals surface area contributed by atoms with Crippen molar-refractivity contribution in [1.29, 1.82) is 0 Å². The molecule has 4 saturated carbocycles. The molecule has 0 radical (unpaired) electrons. The maximum Gasteiger partial charge on any atom is 0.309 e. The lowest BCUT2D eigenvalue weighted by Gasteiger charge is -2.65. The number of ketones is 1. The zero-order chi connectivity index (χ0) is 23.3. The van der Waals surface area contributed by atoms with E-state index in [-0.39, 0.29) is 40.1 Å². The van der Waals surface area contributed by atoms with E-state index >= 15 is 0 Å². The van der Waals surface area contributed by atoms with Gasteiger partial charge in [0, 0.05) is 5.92 Å². The molecule has 178 valence electrons. The number of hydrogen-bond donors (Lipinski definition) is 2. The highest BCUT2D eigenvalue weighted by molar-refractivity contribution is 5.95. The van der Waals surface area contributed by atoms with Crippen LogP contribution in [0.1, 0.15) is 92.4 Å². The third-order valence-corrected chi connectivity index (χ3v) is 11.8. The van der Waals surface area contributed by atoms with Crippen molar-refractivity contribution < 1.29 is 19.8 Å². The fourth-order valence-electron chi connectivity index (χ4n) is 9.71. The summed E-state index contributed by atoms with van der Waals surface area (Å²) in [7, 11) is 0. The third-order valence-electron chi connectivity index (χ3n) is 11.8. The number of allylic oxidation sites excluding steroid dienone is 2. The van der Waals surface area contributed by atoms with Crippen LogP contribution in [0.5, 0.6) is 0 Å². The molecule has 0 amide bonds. The summed E-state index contributed by atoms with van der Waals surface area (Å²) in [6.07, 6.45) is 10.2. The number of aliphatic carboxylic acids is 1. The number of carbonyl (C=O) groups excluding carboxylic acids is 1. The molecule has 4 fully saturated rings. The first-order chi connectivity index (χ1) is 14.9. The van der Waals surface area contributed by atoms with Crippen LogP contribution < -0.4 is 0 Å². The lowest BCUT2D eigenvalue weighted by molar-refractivity contribution is -0.170. The quantitative estimate of drug-likeness (QED) is 0.552. The molecular formula is C28H42O4. The van der Waals surface area contributed by atoms with Crippen molar-refractivity contribution in [2.75, 3.05) is 0 Å². The molecule has 0 heterocycles. The summed E-state index contributed by atoms with van der Waals surface area (Å²) in [5, 5.41) is 20.5. The molecule has 0 saturated heterocycles. The van der Waals surface area contributed by atoms with E-state index in [1.165, 1.54) is 5.57 Å². The molecule has 32 heavy (non-hydrogen) atoms. The summed E-state index contributed by atoms with van der Waals surface area (Å²) < 4.78 is 0. The van der Waals surface area contributed by atoms with Gasteiger partial charge in [-0.15, -0.1) is 0 Å². The predicted octanol–water partition coefficient (Wildman–Crippen LogP) is 5.63. The smallest absolute Gasteiger partial charge is 0.309 e. The molecule has 0 aliphatic heterocycles. The second-order valence-electron chi connectivity index (χ2n) is 13.5. The van der Waals surface area contributed by atoms with Crippen LogP contribution in [0.3, 0.4) is 0 Å². The Morgan fingerprint density at radius 2 is 1.62 bits per heavy atom. The Kier molecular flexibility index (Phi) is 4.90. The molecule has 5 aliphatic carbocycles. The predicted molar refractivity (Wildman–Crippen MR) is 124 cm³/mol. The van der Waals surface area contributed by atoms with Crippen molar-refractivity contribution >= 4 is 11.8 Å². The first-order valence-electron chi connectivity index (χ1n) is 13.0. The van der Waals surface area contributed by atoms with E-state index < -0.39 is 11.4 Å². The van der Waals surface area contributed by atoms with Crippen molar-refractivity contribution in [3.8, 4) is 0 Å². The van der Waals surface area contributed by atoms with Gasteiger partial charge in [-0.25, -0.2) is 0 Å². The summed E-state index contributed by atoms with van der Waals surface area (Å²) >= 11 is 0. The van der Waals surface area contributed by atoms with E-state index in [0.717, 1.165) is 51.4 Å². The Labute approximate surface area is 193 Å². The molecule has 9 unspecified atom stereocenters. The summed E-state index contributed by atoms with van der Waals surface area (Å²) in [5.41, 5.74) is 0.624. The monoisotopic (exact) mass is 442 g/mol. The molecule has 4 heteroatoms. The lowest BCUT2D eigenvalue weighted by atomic mass is 9.38. The van der Waals surface area contributed by atoms with Crippen molar-refractivity contribution in [1.82, 2.24) is 0 Å².